The molecule has 0 spiro atoms. The number of ether oxygens (including phenoxy) is 2. The van der Waals surface area contributed by atoms with Crippen LogP contribution in [-0.4, -0.2) is 64.7 Å². The average Bonchev–Trinajstić information content (AvgIpc) is 2.76. The molecular formula is C11H16BrFN2O5. The summed E-state index contributed by atoms with van der Waals surface area (Å²) in [6, 6.07) is -0.695. The SMILES string of the molecule is CCOC1C(Br)C(=O)NC(=O)N1[C@H]1C[C@H](F)[C@@H](CO)O1. The Morgan fingerprint density at radius 3 is 2.85 bits per heavy atom. The van der Waals surface area contributed by atoms with Gasteiger partial charge in [-0.3, -0.25) is 15.0 Å². The molecule has 2 saturated heterocycles. The van der Waals surface area contributed by atoms with Gasteiger partial charge in [0.2, 0.25) is 5.91 Å². The fourth-order valence-electron chi connectivity index (χ4n) is 2.28. The number of carbonyl (C=O) groups is 2. The summed E-state index contributed by atoms with van der Waals surface area (Å²) in [5.41, 5.74) is 0. The molecular weight excluding hydrogens is 339 g/mol. The highest BCUT2D eigenvalue weighted by Crippen LogP contribution is 2.30. The number of carbonyl (C=O) groups excluding carboxylic acids is 2. The maximum atomic E-state index is 13.6. The number of hydrogen-bond donors (Lipinski definition) is 2. The lowest BCUT2D eigenvalue weighted by molar-refractivity contribution is -0.148. The zero-order valence-electron chi connectivity index (χ0n) is 10.8. The molecule has 0 radical (unpaired) electrons. The van der Waals surface area contributed by atoms with E-state index < -0.39 is 48.1 Å². The Kier molecular flexibility index (Phi) is 4.95. The van der Waals surface area contributed by atoms with Crippen LogP contribution >= 0.6 is 15.9 Å². The van der Waals surface area contributed by atoms with Gasteiger partial charge in [-0.2, -0.15) is 0 Å². The van der Waals surface area contributed by atoms with E-state index in [2.05, 4.69) is 21.2 Å². The Labute approximate surface area is 123 Å². The summed E-state index contributed by atoms with van der Waals surface area (Å²) in [5, 5.41) is 11.2. The first-order valence-electron chi connectivity index (χ1n) is 6.28. The summed E-state index contributed by atoms with van der Waals surface area (Å²) >= 11 is 3.15. The van der Waals surface area contributed by atoms with Crippen molar-refractivity contribution in [3.63, 3.8) is 0 Å². The number of halogens is 2. The van der Waals surface area contributed by atoms with Gasteiger partial charge in [-0.25, -0.2) is 9.18 Å². The maximum Gasteiger partial charge on any atom is 0.328 e. The summed E-state index contributed by atoms with van der Waals surface area (Å²) in [6.07, 6.45) is -4.17. The quantitative estimate of drug-likeness (QED) is 0.699. The van der Waals surface area contributed by atoms with Crippen LogP contribution in [0.3, 0.4) is 0 Å². The largest absolute Gasteiger partial charge is 0.394 e. The molecule has 2 fully saturated rings. The van der Waals surface area contributed by atoms with Crippen LogP contribution in [-0.2, 0) is 14.3 Å². The monoisotopic (exact) mass is 354 g/mol. The standard InChI is InChI=1S/C11H16BrFN2O5/c1-2-19-10-8(12)9(17)14-11(18)15(10)7-3-5(13)6(4-16)20-7/h5-8,10,16H,2-4H2,1H3,(H,14,17,18)/t5-,6+,7+,8?,10?/m0/s1. The average molecular weight is 355 g/mol. The molecule has 114 valence electrons. The van der Waals surface area contributed by atoms with E-state index in [1.807, 2.05) is 0 Å². The molecule has 2 rings (SSSR count). The number of nitrogens with zero attached hydrogens (tertiary/aromatic N) is 1. The van der Waals surface area contributed by atoms with E-state index in [9.17, 15) is 14.0 Å². The molecule has 2 N–H and O–H groups in total. The van der Waals surface area contributed by atoms with Crippen molar-refractivity contribution in [3.8, 4) is 0 Å². The van der Waals surface area contributed by atoms with Crippen molar-refractivity contribution in [2.24, 2.45) is 0 Å². The highest BCUT2D eigenvalue weighted by atomic mass is 79.9. The topological polar surface area (TPSA) is 88.1 Å². The highest BCUT2D eigenvalue weighted by Gasteiger charge is 2.48. The number of urea groups is 1. The fraction of sp³-hybridized carbons (Fsp3) is 0.818. The Balaban J connectivity index is 2.18. The van der Waals surface area contributed by atoms with E-state index in [0.717, 1.165) is 4.90 Å². The van der Waals surface area contributed by atoms with Gasteiger partial charge in [0.15, 0.2) is 6.23 Å². The van der Waals surface area contributed by atoms with Crippen LogP contribution in [0, 0.1) is 0 Å². The Hall–Kier alpha value is -0.770. The number of aliphatic hydroxyl groups is 1. The molecule has 0 aliphatic carbocycles. The van der Waals surface area contributed by atoms with Crippen LogP contribution in [0.1, 0.15) is 13.3 Å². The first-order valence-corrected chi connectivity index (χ1v) is 7.20. The third-order valence-corrected chi connectivity index (χ3v) is 4.10. The van der Waals surface area contributed by atoms with Gasteiger partial charge in [0, 0.05) is 13.0 Å². The number of hydrogen-bond acceptors (Lipinski definition) is 5. The number of aliphatic hydroxyl groups excluding tert-OH is 1. The van der Waals surface area contributed by atoms with E-state index in [0.29, 0.717) is 0 Å². The lowest BCUT2D eigenvalue weighted by atomic mass is 10.2. The van der Waals surface area contributed by atoms with Crippen molar-refractivity contribution in [3.05, 3.63) is 0 Å². The van der Waals surface area contributed by atoms with Crippen LogP contribution in [0.5, 0.6) is 0 Å². The number of amides is 3. The molecule has 2 aliphatic rings. The third kappa shape index (κ3) is 2.80. The van der Waals surface area contributed by atoms with E-state index in [1.54, 1.807) is 6.92 Å². The molecule has 0 aromatic heterocycles. The van der Waals surface area contributed by atoms with Gasteiger partial charge in [0.1, 0.15) is 23.3 Å². The van der Waals surface area contributed by atoms with Crippen molar-refractivity contribution in [2.75, 3.05) is 13.2 Å². The highest BCUT2D eigenvalue weighted by molar-refractivity contribution is 9.10. The predicted molar refractivity (Wildman–Crippen MR) is 68.8 cm³/mol. The van der Waals surface area contributed by atoms with Gasteiger partial charge in [-0.15, -0.1) is 0 Å². The fourth-order valence-corrected chi connectivity index (χ4v) is 2.80. The van der Waals surface area contributed by atoms with Gasteiger partial charge in [-0.1, -0.05) is 15.9 Å². The lowest BCUT2D eigenvalue weighted by Gasteiger charge is -2.40. The molecule has 0 aromatic rings. The van der Waals surface area contributed by atoms with Gasteiger partial charge < -0.3 is 14.6 Å². The number of nitrogens with one attached hydrogen (secondary N) is 1. The zero-order valence-corrected chi connectivity index (χ0v) is 12.4. The lowest BCUT2D eigenvalue weighted by Crippen LogP contribution is -2.64. The summed E-state index contributed by atoms with van der Waals surface area (Å²) in [4.78, 5) is 23.9. The minimum atomic E-state index is -1.37. The number of imide groups is 1. The zero-order chi connectivity index (χ0) is 14.9. The summed E-state index contributed by atoms with van der Waals surface area (Å²) in [5.74, 6) is -0.516. The van der Waals surface area contributed by atoms with E-state index >= 15 is 0 Å². The van der Waals surface area contributed by atoms with Gasteiger partial charge in [-0.05, 0) is 6.92 Å². The molecule has 2 heterocycles. The maximum absolute atomic E-state index is 13.6. The Bertz CT molecular complexity index is 399. The summed E-state index contributed by atoms with van der Waals surface area (Å²) < 4.78 is 24.4. The predicted octanol–water partition coefficient (Wildman–Crippen LogP) is 0.110. The summed E-state index contributed by atoms with van der Waals surface area (Å²) in [7, 11) is 0. The second-order valence-electron chi connectivity index (χ2n) is 4.51. The Morgan fingerprint density at radius 2 is 2.30 bits per heavy atom. The van der Waals surface area contributed by atoms with Gasteiger partial charge in [0.05, 0.1) is 6.61 Å². The molecule has 7 nitrogen and oxygen atoms in total. The van der Waals surface area contributed by atoms with Gasteiger partial charge in [0.25, 0.3) is 0 Å². The van der Waals surface area contributed by atoms with Crippen LogP contribution < -0.4 is 5.32 Å². The third-order valence-electron chi connectivity index (χ3n) is 3.23. The molecule has 2 unspecified atom stereocenters. The molecule has 3 amide bonds. The number of alkyl halides is 2. The summed E-state index contributed by atoms with van der Waals surface area (Å²) in [6.45, 7) is 1.53. The van der Waals surface area contributed by atoms with Crippen LogP contribution in [0.25, 0.3) is 0 Å². The van der Waals surface area contributed by atoms with Gasteiger partial charge >= 0.3 is 6.03 Å². The molecule has 20 heavy (non-hydrogen) atoms. The van der Waals surface area contributed by atoms with E-state index in [4.69, 9.17) is 14.6 Å². The van der Waals surface area contributed by atoms with Crippen LogP contribution in [0.4, 0.5) is 9.18 Å². The van der Waals surface area contributed by atoms with Crippen molar-refractivity contribution in [1.82, 2.24) is 10.2 Å². The van der Waals surface area contributed by atoms with Crippen molar-refractivity contribution in [2.45, 2.75) is 42.9 Å². The van der Waals surface area contributed by atoms with E-state index in [1.165, 1.54) is 0 Å². The molecule has 0 saturated carbocycles. The normalized spacial score (nSPS) is 38.2. The smallest absolute Gasteiger partial charge is 0.328 e. The molecule has 2 aliphatic heterocycles. The van der Waals surface area contributed by atoms with Crippen LogP contribution in [0.2, 0.25) is 0 Å². The van der Waals surface area contributed by atoms with E-state index in [-0.39, 0.29) is 13.0 Å². The molecule has 0 aromatic carbocycles. The Morgan fingerprint density at radius 1 is 1.60 bits per heavy atom. The number of rotatable bonds is 4. The second kappa shape index (κ2) is 6.33. The second-order valence-corrected chi connectivity index (χ2v) is 5.50. The molecule has 5 atom stereocenters. The minimum Gasteiger partial charge on any atom is -0.394 e. The van der Waals surface area contributed by atoms with Crippen LogP contribution in [0.15, 0.2) is 0 Å². The van der Waals surface area contributed by atoms with Crippen molar-refractivity contribution in [1.29, 1.82) is 0 Å². The minimum absolute atomic E-state index is 0.0733. The van der Waals surface area contributed by atoms with Crippen molar-refractivity contribution < 1.29 is 28.6 Å². The molecule has 0 bridgehead atoms. The molecule has 9 heteroatoms. The van der Waals surface area contributed by atoms with Crippen molar-refractivity contribution >= 4 is 27.9 Å². The first-order chi connectivity index (χ1) is 9.49. The first kappa shape index (κ1) is 15.6.